The first-order valence-electron chi connectivity index (χ1n) is 16.9. The Morgan fingerprint density at radius 1 is 0.915 bits per heavy atom. The van der Waals surface area contributed by atoms with Gasteiger partial charge in [-0.3, -0.25) is 9.78 Å². The van der Waals surface area contributed by atoms with Crippen molar-refractivity contribution in [1.29, 1.82) is 0 Å². The van der Waals surface area contributed by atoms with Crippen molar-refractivity contribution in [2.45, 2.75) is 99.7 Å². The Balaban J connectivity index is 0.000000322. The van der Waals surface area contributed by atoms with E-state index in [1.54, 1.807) is 6.33 Å². The van der Waals surface area contributed by atoms with Crippen molar-refractivity contribution in [2.75, 3.05) is 0 Å². The Labute approximate surface area is 300 Å². The molecule has 7 heteroatoms. The molecule has 0 unspecified atom stereocenters. The van der Waals surface area contributed by atoms with Gasteiger partial charge in [0.25, 0.3) is 0 Å². The summed E-state index contributed by atoms with van der Waals surface area (Å²) in [5.41, 5.74) is 5.87. The van der Waals surface area contributed by atoms with Crippen LogP contribution in [0.2, 0.25) is 19.6 Å². The molecule has 4 nitrogen and oxygen atoms in total. The fraction of sp³-hybridized carbons (Fsp3) is 0.425. The van der Waals surface area contributed by atoms with E-state index in [1.165, 1.54) is 37.9 Å². The SMILES string of the molecule is CCC(CC)C(=O)/C=C(\O)C(CC)CC.Cc1c([Si](C)(C)C)ccc2c1sc1c(-c3[c-]c4ccccc4c(C(C)C)c3)ncnc12.[Ir]. The van der Waals surface area contributed by atoms with E-state index < -0.39 is 8.07 Å². The van der Waals surface area contributed by atoms with E-state index in [0.717, 1.165) is 52.5 Å². The maximum absolute atomic E-state index is 11.7. The standard InChI is InChI=1S/C27H27N2SSi.C13H24O2.Ir/c1-16(2)22-14-19(13-18-9-7-8-10-20(18)22)24-27-25(29-15-28-24)21-11-12-23(31(4,5)6)17(3)26(21)30-27;1-5-10(6-2)12(14)9-13(15)11(7-3)8-4;/h7-12,14-16H,1-6H3;9-11,14H,5-8H2,1-4H3;/q-1;;/b;12-9-;. The van der Waals surface area contributed by atoms with Gasteiger partial charge in [0.15, 0.2) is 5.78 Å². The summed E-state index contributed by atoms with van der Waals surface area (Å²) >= 11 is 1.84. The minimum absolute atomic E-state index is 0. The molecule has 2 aromatic heterocycles. The molecular weight excluding hydrogens is 793 g/mol. The predicted octanol–water partition coefficient (Wildman–Crippen LogP) is 11.3. The van der Waals surface area contributed by atoms with E-state index in [-0.39, 0.29) is 43.5 Å². The Bertz CT molecular complexity index is 1860. The van der Waals surface area contributed by atoms with Crippen LogP contribution in [0.1, 0.15) is 84.3 Å². The maximum Gasteiger partial charge on any atom is 0.162 e. The average Bonchev–Trinajstić information content (AvgIpc) is 3.41. The first-order chi connectivity index (χ1) is 21.9. The third-order valence-corrected chi connectivity index (χ3v) is 12.7. The van der Waals surface area contributed by atoms with E-state index in [1.807, 2.05) is 39.0 Å². The monoisotopic (exact) mass is 844 g/mol. The van der Waals surface area contributed by atoms with E-state index in [9.17, 15) is 9.90 Å². The number of carbonyl (C=O) groups is 1. The van der Waals surface area contributed by atoms with Crippen molar-refractivity contribution in [3.63, 3.8) is 0 Å². The molecule has 5 rings (SSSR count). The van der Waals surface area contributed by atoms with Crippen molar-refractivity contribution in [1.82, 2.24) is 9.97 Å². The van der Waals surface area contributed by atoms with Crippen LogP contribution < -0.4 is 5.19 Å². The second-order valence-corrected chi connectivity index (χ2v) is 19.8. The number of rotatable bonds is 10. The van der Waals surface area contributed by atoms with E-state index in [2.05, 4.69) is 88.9 Å². The number of aromatic nitrogens is 2. The normalized spacial score (nSPS) is 12.2. The van der Waals surface area contributed by atoms with Crippen LogP contribution in [-0.4, -0.2) is 28.9 Å². The number of aliphatic hydroxyl groups is 1. The largest absolute Gasteiger partial charge is 0.512 e. The molecule has 0 aliphatic heterocycles. The second-order valence-electron chi connectivity index (χ2n) is 13.7. The molecule has 0 fully saturated rings. The third-order valence-electron chi connectivity index (χ3n) is 9.24. The Morgan fingerprint density at radius 2 is 1.55 bits per heavy atom. The van der Waals surface area contributed by atoms with Gasteiger partial charge in [0.1, 0.15) is 6.33 Å². The molecule has 0 saturated heterocycles. The minimum atomic E-state index is -1.41. The Morgan fingerprint density at radius 3 is 2.15 bits per heavy atom. The molecule has 47 heavy (non-hydrogen) atoms. The fourth-order valence-corrected chi connectivity index (χ4v) is 9.61. The topological polar surface area (TPSA) is 63.1 Å². The summed E-state index contributed by atoms with van der Waals surface area (Å²) in [5.74, 6) is 0.977. The number of hydrogen-bond acceptors (Lipinski definition) is 5. The molecule has 1 radical (unpaired) electrons. The number of thiophene rings is 1. The van der Waals surface area contributed by atoms with Crippen LogP contribution in [-0.2, 0) is 24.9 Å². The molecule has 253 valence electrons. The van der Waals surface area contributed by atoms with Crippen LogP contribution in [0.25, 0.3) is 42.3 Å². The molecule has 0 spiro atoms. The second kappa shape index (κ2) is 16.6. The summed E-state index contributed by atoms with van der Waals surface area (Å²) in [6.07, 6.45) is 6.62. The number of ketones is 1. The number of allylic oxidation sites excluding steroid dienone is 2. The zero-order valence-corrected chi connectivity index (χ0v) is 34.0. The van der Waals surface area contributed by atoms with Gasteiger partial charge in [-0.05, 0) is 44.1 Å². The van der Waals surface area contributed by atoms with Gasteiger partial charge in [0, 0.05) is 58.5 Å². The van der Waals surface area contributed by atoms with Crippen molar-refractivity contribution in [2.24, 2.45) is 11.8 Å². The van der Waals surface area contributed by atoms with Crippen LogP contribution in [0.4, 0.5) is 0 Å². The number of carbonyl (C=O) groups excluding carboxylic acids is 1. The van der Waals surface area contributed by atoms with Gasteiger partial charge in [-0.15, -0.1) is 40.5 Å². The Hall–Kier alpha value is -2.70. The smallest absolute Gasteiger partial charge is 0.162 e. The van der Waals surface area contributed by atoms with Crippen LogP contribution in [0.3, 0.4) is 0 Å². The summed E-state index contributed by atoms with van der Waals surface area (Å²) in [6.45, 7) is 22.1. The first kappa shape index (κ1) is 38.7. The van der Waals surface area contributed by atoms with Gasteiger partial charge in [-0.25, -0.2) is 4.98 Å². The van der Waals surface area contributed by atoms with E-state index in [4.69, 9.17) is 9.97 Å². The number of benzene rings is 3. The van der Waals surface area contributed by atoms with Crippen molar-refractivity contribution in [3.8, 4) is 11.3 Å². The third kappa shape index (κ3) is 8.48. The Kier molecular flexibility index (Phi) is 13.7. The molecule has 5 aromatic rings. The van der Waals surface area contributed by atoms with Gasteiger partial charge in [-0.1, -0.05) is 108 Å². The summed E-state index contributed by atoms with van der Waals surface area (Å²) in [4.78, 5) is 21.2. The quantitative estimate of drug-likeness (QED) is 0.0658. The maximum atomic E-state index is 11.7. The molecule has 3 aromatic carbocycles. The van der Waals surface area contributed by atoms with Gasteiger partial charge in [-0.2, -0.15) is 0 Å². The first-order valence-corrected chi connectivity index (χ1v) is 21.2. The van der Waals surface area contributed by atoms with Crippen LogP contribution in [0.15, 0.2) is 60.6 Å². The summed E-state index contributed by atoms with van der Waals surface area (Å²) < 4.78 is 2.51. The van der Waals surface area contributed by atoms with Crippen molar-refractivity contribution >= 4 is 61.5 Å². The molecule has 2 heterocycles. The van der Waals surface area contributed by atoms with Crippen molar-refractivity contribution < 1.29 is 30.0 Å². The molecule has 0 saturated carbocycles. The molecular formula is C40H51IrN2O2SSi-. The number of aliphatic hydroxyl groups excluding tert-OH is 1. The van der Waals surface area contributed by atoms with Gasteiger partial charge in [0.2, 0.25) is 0 Å². The predicted molar refractivity (Wildman–Crippen MR) is 202 cm³/mol. The van der Waals surface area contributed by atoms with Gasteiger partial charge >= 0.3 is 0 Å². The van der Waals surface area contributed by atoms with Gasteiger partial charge < -0.3 is 5.11 Å². The number of fused-ring (bicyclic) bond motifs is 4. The fourth-order valence-electron chi connectivity index (χ4n) is 6.42. The van der Waals surface area contributed by atoms with Gasteiger partial charge in [0.05, 0.1) is 19.3 Å². The molecule has 1 N–H and O–H groups in total. The molecule has 0 atom stereocenters. The van der Waals surface area contributed by atoms with Crippen LogP contribution >= 0.6 is 11.3 Å². The molecule has 0 aliphatic carbocycles. The minimum Gasteiger partial charge on any atom is -0.512 e. The summed E-state index contributed by atoms with van der Waals surface area (Å²) in [5, 5.41) is 15.0. The number of hydrogen-bond donors (Lipinski definition) is 1. The van der Waals surface area contributed by atoms with E-state index in [0.29, 0.717) is 5.92 Å². The average molecular weight is 844 g/mol. The zero-order chi connectivity index (χ0) is 33.8. The molecule has 0 amide bonds. The van der Waals surface area contributed by atoms with E-state index >= 15 is 0 Å². The zero-order valence-electron chi connectivity index (χ0n) is 29.7. The summed E-state index contributed by atoms with van der Waals surface area (Å²) in [7, 11) is -1.41. The molecule has 0 aliphatic rings. The van der Waals surface area contributed by atoms with Crippen LogP contribution in [0.5, 0.6) is 0 Å². The van der Waals surface area contributed by atoms with Crippen molar-refractivity contribution in [3.05, 3.63) is 77.8 Å². The molecule has 0 bridgehead atoms. The number of nitrogens with zero attached hydrogens (tertiary/aromatic N) is 2. The number of aryl methyl sites for hydroxylation is 1. The summed E-state index contributed by atoms with van der Waals surface area (Å²) in [6, 6.07) is 19.1. The van der Waals surface area contributed by atoms with Crippen LogP contribution in [0, 0.1) is 24.8 Å².